The van der Waals surface area contributed by atoms with E-state index in [-0.39, 0.29) is 0 Å². The molecule has 80 valence electrons. The van der Waals surface area contributed by atoms with Crippen LogP contribution in [0.25, 0.3) is 5.03 Å². The molecule has 0 aliphatic rings. The van der Waals surface area contributed by atoms with Gasteiger partial charge in [0.2, 0.25) is 0 Å². The minimum absolute atomic E-state index is 0.770. The topological polar surface area (TPSA) is 3.01 Å². The minimum atomic E-state index is 0.770. The van der Waals surface area contributed by atoms with Crippen LogP contribution in [0.1, 0.15) is 18.1 Å². The van der Waals surface area contributed by atoms with Crippen LogP contribution in [0, 0.1) is 0 Å². The van der Waals surface area contributed by atoms with Crippen LogP contribution in [0.3, 0.4) is 0 Å². The molecule has 0 atom stereocenters. The van der Waals surface area contributed by atoms with Crippen molar-refractivity contribution in [2.45, 2.75) is 13.3 Å². The lowest BCUT2D eigenvalue weighted by Crippen LogP contribution is -1.95. The minimum Gasteiger partial charge on any atom is -0.241 e. The van der Waals surface area contributed by atoms with E-state index in [1.54, 1.807) is 0 Å². The van der Waals surface area contributed by atoms with Gasteiger partial charge in [0.1, 0.15) is 14.1 Å². The maximum Gasteiger partial charge on any atom is 0.164 e. The van der Waals surface area contributed by atoms with Crippen molar-refractivity contribution in [1.82, 2.24) is 0 Å². The van der Waals surface area contributed by atoms with E-state index in [1.165, 1.54) is 5.56 Å². The molecule has 0 bridgehead atoms. The normalized spacial score (nSPS) is 11.3. The van der Waals surface area contributed by atoms with E-state index in [2.05, 4.69) is 31.2 Å². The number of hydrogen-bond donors (Lipinski definition) is 0. The Labute approximate surface area is 96.7 Å². The summed E-state index contributed by atoms with van der Waals surface area (Å²) in [5.74, 6) is 0. The van der Waals surface area contributed by atoms with Crippen molar-refractivity contribution in [3.63, 3.8) is 0 Å². The number of benzene rings is 1. The Morgan fingerprint density at radius 3 is 2.33 bits per heavy atom. The fraction of sp³-hybridized carbons (Fsp3) is 0.308. The van der Waals surface area contributed by atoms with Gasteiger partial charge in [-0.15, -0.1) is 0 Å². The maximum absolute atomic E-state index is 6.15. The number of nitrogens with zero attached hydrogens (tertiary/aromatic N) is 1. The summed E-state index contributed by atoms with van der Waals surface area (Å²) in [4.78, 5) is 0. The molecule has 0 aliphatic carbocycles. The molecule has 0 heterocycles. The van der Waals surface area contributed by atoms with Gasteiger partial charge in [-0.3, -0.25) is 0 Å². The van der Waals surface area contributed by atoms with Gasteiger partial charge in [0.05, 0.1) is 5.03 Å². The predicted octanol–water partition coefficient (Wildman–Crippen LogP) is 3.17. The van der Waals surface area contributed by atoms with Crippen molar-refractivity contribution in [3.05, 3.63) is 41.5 Å². The van der Waals surface area contributed by atoms with Crippen molar-refractivity contribution >= 4 is 22.8 Å². The fourth-order valence-corrected chi connectivity index (χ4v) is 1.39. The number of rotatable bonds is 3. The maximum atomic E-state index is 6.15. The summed E-state index contributed by atoms with van der Waals surface area (Å²) in [7, 11) is 3.95. The van der Waals surface area contributed by atoms with Gasteiger partial charge in [-0.05, 0) is 17.5 Å². The molecule has 1 aromatic carbocycles. The average molecular weight is 223 g/mol. The van der Waals surface area contributed by atoms with Crippen LogP contribution in [0.15, 0.2) is 30.3 Å². The molecule has 15 heavy (non-hydrogen) atoms. The Morgan fingerprint density at radius 2 is 1.87 bits per heavy atom. The Morgan fingerprint density at radius 1 is 1.27 bits per heavy atom. The molecule has 0 saturated carbocycles. The van der Waals surface area contributed by atoms with Gasteiger partial charge < -0.3 is 0 Å². The third-order valence-corrected chi connectivity index (χ3v) is 2.50. The molecule has 2 heteroatoms. The van der Waals surface area contributed by atoms with E-state index in [9.17, 15) is 0 Å². The van der Waals surface area contributed by atoms with E-state index >= 15 is 0 Å². The van der Waals surface area contributed by atoms with Crippen molar-refractivity contribution < 1.29 is 4.58 Å². The molecule has 0 spiro atoms. The van der Waals surface area contributed by atoms with Gasteiger partial charge in [-0.1, -0.05) is 42.8 Å². The van der Waals surface area contributed by atoms with Crippen LogP contribution in [-0.4, -0.2) is 24.9 Å². The number of aryl methyl sites for hydroxylation is 1. The Kier molecular flexibility index (Phi) is 4.57. The first-order valence-corrected chi connectivity index (χ1v) is 5.47. The molecule has 1 aromatic rings. The highest BCUT2D eigenvalue weighted by molar-refractivity contribution is 6.49. The second-order valence-corrected chi connectivity index (χ2v) is 4.08. The Hall–Kier alpha value is -1.08. The largest absolute Gasteiger partial charge is 0.241 e. The summed E-state index contributed by atoms with van der Waals surface area (Å²) >= 11 is 6.15. The van der Waals surface area contributed by atoms with Gasteiger partial charge in [0.25, 0.3) is 0 Å². The molecular weight excluding hydrogens is 206 g/mol. The molecule has 0 fully saturated rings. The molecule has 0 N–H and O–H groups in total. The second kappa shape index (κ2) is 5.72. The second-order valence-electron chi connectivity index (χ2n) is 3.68. The quantitative estimate of drug-likeness (QED) is 0.546. The molecular formula is C13H17ClN+. The highest BCUT2D eigenvalue weighted by Crippen LogP contribution is 2.18. The van der Waals surface area contributed by atoms with Crippen LogP contribution in [-0.2, 0) is 6.42 Å². The molecule has 0 amide bonds. The van der Waals surface area contributed by atoms with E-state index in [0.717, 1.165) is 17.0 Å². The summed E-state index contributed by atoms with van der Waals surface area (Å²) in [6.45, 7) is 2.15. The third kappa shape index (κ3) is 3.88. The molecule has 0 unspecified atom stereocenters. The summed E-state index contributed by atoms with van der Waals surface area (Å²) in [6.07, 6.45) is 4.91. The van der Waals surface area contributed by atoms with E-state index in [1.807, 2.05) is 31.0 Å². The number of halogens is 1. The molecule has 0 radical (unpaired) electrons. The van der Waals surface area contributed by atoms with Crippen LogP contribution in [0.2, 0.25) is 0 Å². The third-order valence-electron chi connectivity index (χ3n) is 2.16. The smallest absolute Gasteiger partial charge is 0.164 e. The number of hydrogen-bond acceptors (Lipinski definition) is 0. The standard InChI is InChI=1S/C13H17ClN/c1-4-11-5-7-12(8-6-11)13(14)9-10-15(2)3/h5-10H,4H2,1-3H3/q+1/b13-9-. The van der Waals surface area contributed by atoms with Crippen molar-refractivity contribution in [3.8, 4) is 0 Å². The summed E-state index contributed by atoms with van der Waals surface area (Å²) in [6, 6.07) is 8.34. The molecule has 0 saturated heterocycles. The average Bonchev–Trinajstić information content (AvgIpc) is 2.26. The van der Waals surface area contributed by atoms with E-state index in [0.29, 0.717) is 0 Å². The lowest BCUT2D eigenvalue weighted by molar-refractivity contribution is -0.458. The van der Waals surface area contributed by atoms with Crippen LogP contribution in [0.5, 0.6) is 0 Å². The molecule has 1 rings (SSSR count). The van der Waals surface area contributed by atoms with E-state index < -0.39 is 0 Å². The zero-order valence-corrected chi connectivity index (χ0v) is 10.3. The van der Waals surface area contributed by atoms with E-state index in [4.69, 9.17) is 11.6 Å². The zero-order valence-electron chi connectivity index (χ0n) is 9.50. The monoisotopic (exact) mass is 222 g/mol. The van der Waals surface area contributed by atoms with Crippen molar-refractivity contribution in [2.24, 2.45) is 0 Å². The summed E-state index contributed by atoms with van der Waals surface area (Å²) in [5, 5.41) is 0.770. The van der Waals surface area contributed by atoms with Crippen molar-refractivity contribution in [2.75, 3.05) is 14.1 Å². The molecule has 0 aromatic heterocycles. The number of allylic oxidation sites excluding steroid dienone is 1. The molecule has 0 aliphatic heterocycles. The summed E-state index contributed by atoms with van der Waals surface area (Å²) in [5.41, 5.74) is 2.40. The lowest BCUT2D eigenvalue weighted by atomic mass is 10.1. The zero-order chi connectivity index (χ0) is 11.3. The van der Waals surface area contributed by atoms with Crippen LogP contribution >= 0.6 is 11.6 Å². The van der Waals surface area contributed by atoms with Crippen LogP contribution < -0.4 is 0 Å². The van der Waals surface area contributed by atoms with Gasteiger partial charge >= 0.3 is 0 Å². The summed E-state index contributed by atoms with van der Waals surface area (Å²) < 4.78 is 1.96. The first kappa shape index (κ1) is 12.0. The van der Waals surface area contributed by atoms with Gasteiger partial charge in [-0.25, -0.2) is 4.58 Å². The highest BCUT2D eigenvalue weighted by Gasteiger charge is 1.97. The van der Waals surface area contributed by atoms with Crippen molar-refractivity contribution in [1.29, 1.82) is 0 Å². The Bertz CT molecular complexity index is 370. The lowest BCUT2D eigenvalue weighted by Gasteiger charge is -1.99. The van der Waals surface area contributed by atoms with Gasteiger partial charge in [-0.2, -0.15) is 0 Å². The first-order valence-electron chi connectivity index (χ1n) is 5.10. The predicted molar refractivity (Wildman–Crippen MR) is 67.8 cm³/mol. The van der Waals surface area contributed by atoms with Gasteiger partial charge in [0, 0.05) is 6.08 Å². The van der Waals surface area contributed by atoms with Gasteiger partial charge in [0.15, 0.2) is 6.21 Å². The Balaban J connectivity index is 2.87. The highest BCUT2D eigenvalue weighted by atomic mass is 35.5. The van der Waals surface area contributed by atoms with Crippen LogP contribution in [0.4, 0.5) is 0 Å². The fourth-order valence-electron chi connectivity index (χ4n) is 1.21. The SMILES string of the molecule is CCc1ccc(/C(Cl)=C/C=[N+](C)C)cc1. The molecule has 1 nitrogen and oxygen atoms in total. The first-order chi connectivity index (χ1) is 7.13.